The molecule has 4 heteroatoms. The van der Waals surface area contributed by atoms with Crippen LogP contribution >= 0.6 is 0 Å². The third-order valence-electron chi connectivity index (χ3n) is 2.83. The summed E-state index contributed by atoms with van der Waals surface area (Å²) in [5.41, 5.74) is 0. The van der Waals surface area contributed by atoms with Gasteiger partial charge in [0.15, 0.2) is 9.84 Å². The lowest BCUT2D eigenvalue weighted by atomic mass is 10.2. The van der Waals surface area contributed by atoms with Crippen LogP contribution in [0.5, 0.6) is 0 Å². The van der Waals surface area contributed by atoms with E-state index in [1.807, 2.05) is 0 Å². The molecule has 0 rings (SSSR count). The first-order valence-corrected chi connectivity index (χ1v) is 8.81. The molecule has 0 fully saturated rings. The van der Waals surface area contributed by atoms with Crippen LogP contribution in [0, 0.1) is 0 Å². The number of sulfone groups is 1. The predicted molar refractivity (Wildman–Crippen MR) is 75.2 cm³/mol. The van der Waals surface area contributed by atoms with Crippen molar-refractivity contribution in [1.29, 1.82) is 0 Å². The van der Waals surface area contributed by atoms with Gasteiger partial charge in [0.1, 0.15) is 0 Å². The topological polar surface area (TPSA) is 46.2 Å². The summed E-state index contributed by atoms with van der Waals surface area (Å²) in [6, 6.07) is 0.145. The van der Waals surface area contributed by atoms with Gasteiger partial charge in [-0.05, 0) is 25.8 Å². The maximum absolute atomic E-state index is 11.9. The van der Waals surface area contributed by atoms with Crippen molar-refractivity contribution in [2.24, 2.45) is 0 Å². The summed E-state index contributed by atoms with van der Waals surface area (Å²) >= 11 is 0. The van der Waals surface area contributed by atoms with Crippen LogP contribution in [0.3, 0.4) is 0 Å². The van der Waals surface area contributed by atoms with Gasteiger partial charge in [-0.15, -0.1) is 0 Å². The van der Waals surface area contributed by atoms with E-state index in [2.05, 4.69) is 26.1 Å². The van der Waals surface area contributed by atoms with E-state index in [-0.39, 0.29) is 6.04 Å². The second-order valence-corrected chi connectivity index (χ2v) is 6.99. The number of rotatable bonds is 11. The minimum Gasteiger partial charge on any atom is -0.313 e. The van der Waals surface area contributed by atoms with E-state index in [0.29, 0.717) is 11.5 Å². The highest BCUT2D eigenvalue weighted by Gasteiger charge is 2.17. The fourth-order valence-corrected chi connectivity index (χ4v) is 3.61. The van der Waals surface area contributed by atoms with Gasteiger partial charge in [0.25, 0.3) is 0 Å². The van der Waals surface area contributed by atoms with Gasteiger partial charge in [0, 0.05) is 6.04 Å². The summed E-state index contributed by atoms with van der Waals surface area (Å²) in [4.78, 5) is 0. The normalized spacial score (nSPS) is 13.8. The van der Waals surface area contributed by atoms with Crippen molar-refractivity contribution in [3.63, 3.8) is 0 Å². The van der Waals surface area contributed by atoms with E-state index >= 15 is 0 Å². The molecule has 0 aromatic carbocycles. The summed E-state index contributed by atoms with van der Waals surface area (Å²) in [6.07, 6.45) is 5.93. The van der Waals surface area contributed by atoms with Gasteiger partial charge in [-0.2, -0.15) is 0 Å². The monoisotopic (exact) mass is 263 g/mol. The third kappa shape index (κ3) is 9.60. The number of hydrogen-bond acceptors (Lipinski definition) is 3. The third-order valence-corrected chi connectivity index (χ3v) is 4.66. The van der Waals surface area contributed by atoms with E-state index in [1.54, 1.807) is 0 Å². The Labute approximate surface area is 107 Å². The fraction of sp³-hybridized carbons (Fsp3) is 1.00. The molecule has 0 bridgehead atoms. The second-order valence-electron chi connectivity index (χ2n) is 4.76. The fourth-order valence-electron chi connectivity index (χ4n) is 1.90. The molecule has 0 aliphatic carbocycles. The van der Waals surface area contributed by atoms with E-state index in [1.165, 1.54) is 0 Å². The summed E-state index contributed by atoms with van der Waals surface area (Å²) in [6.45, 7) is 7.21. The molecular formula is C13H29NO2S. The molecule has 17 heavy (non-hydrogen) atoms. The van der Waals surface area contributed by atoms with Gasteiger partial charge in [0.05, 0.1) is 11.5 Å². The molecule has 0 heterocycles. The molecule has 1 atom stereocenters. The molecule has 0 aliphatic rings. The Morgan fingerprint density at radius 2 is 1.71 bits per heavy atom. The van der Waals surface area contributed by atoms with Gasteiger partial charge >= 0.3 is 0 Å². The van der Waals surface area contributed by atoms with Crippen LogP contribution in [0.25, 0.3) is 0 Å². The van der Waals surface area contributed by atoms with Gasteiger partial charge in [0.2, 0.25) is 0 Å². The average molecular weight is 263 g/mol. The zero-order valence-electron chi connectivity index (χ0n) is 11.7. The lowest BCUT2D eigenvalue weighted by Crippen LogP contribution is -2.36. The first kappa shape index (κ1) is 16.9. The Morgan fingerprint density at radius 1 is 1.00 bits per heavy atom. The van der Waals surface area contributed by atoms with Gasteiger partial charge in [-0.1, -0.05) is 40.0 Å². The minimum absolute atomic E-state index is 0.145. The molecule has 104 valence electrons. The molecule has 1 unspecified atom stereocenters. The van der Waals surface area contributed by atoms with Crippen molar-refractivity contribution in [3.05, 3.63) is 0 Å². The Hall–Kier alpha value is -0.0900. The van der Waals surface area contributed by atoms with Crippen molar-refractivity contribution in [2.75, 3.05) is 18.1 Å². The van der Waals surface area contributed by atoms with Gasteiger partial charge in [-0.25, -0.2) is 8.42 Å². The van der Waals surface area contributed by atoms with E-state index in [0.717, 1.165) is 45.1 Å². The van der Waals surface area contributed by atoms with Crippen LogP contribution in [0.2, 0.25) is 0 Å². The van der Waals surface area contributed by atoms with Crippen molar-refractivity contribution in [2.45, 2.75) is 65.3 Å². The molecule has 0 saturated heterocycles. The largest absolute Gasteiger partial charge is 0.313 e. The summed E-state index contributed by atoms with van der Waals surface area (Å²) in [5, 5.41) is 3.34. The quantitative estimate of drug-likeness (QED) is 0.583. The Balaban J connectivity index is 4.11. The van der Waals surface area contributed by atoms with Gasteiger partial charge < -0.3 is 5.32 Å². The van der Waals surface area contributed by atoms with Crippen molar-refractivity contribution in [1.82, 2.24) is 5.32 Å². The van der Waals surface area contributed by atoms with Crippen LogP contribution in [-0.4, -0.2) is 32.5 Å². The first-order valence-electron chi connectivity index (χ1n) is 6.99. The molecule has 0 aromatic heterocycles. The van der Waals surface area contributed by atoms with E-state index < -0.39 is 9.84 Å². The number of hydrogen-bond donors (Lipinski definition) is 1. The molecule has 0 aromatic rings. The van der Waals surface area contributed by atoms with Crippen LogP contribution < -0.4 is 5.32 Å². The highest BCUT2D eigenvalue weighted by molar-refractivity contribution is 7.91. The van der Waals surface area contributed by atoms with Crippen molar-refractivity contribution >= 4 is 9.84 Å². The van der Waals surface area contributed by atoms with Crippen LogP contribution in [0.1, 0.15) is 59.3 Å². The Kier molecular flexibility index (Phi) is 9.84. The Morgan fingerprint density at radius 3 is 2.24 bits per heavy atom. The van der Waals surface area contributed by atoms with Crippen molar-refractivity contribution < 1.29 is 8.42 Å². The minimum atomic E-state index is -2.87. The molecule has 0 radical (unpaired) electrons. The van der Waals surface area contributed by atoms with E-state index in [9.17, 15) is 8.42 Å². The molecule has 0 aliphatic heterocycles. The molecule has 1 N–H and O–H groups in total. The number of nitrogens with one attached hydrogen (secondary N) is 1. The molecule has 0 amide bonds. The average Bonchev–Trinajstić information content (AvgIpc) is 2.26. The lowest BCUT2D eigenvalue weighted by molar-refractivity contribution is 0.499. The maximum Gasteiger partial charge on any atom is 0.151 e. The predicted octanol–water partition coefficient (Wildman–Crippen LogP) is 2.76. The van der Waals surface area contributed by atoms with Crippen LogP contribution in [-0.2, 0) is 9.84 Å². The first-order chi connectivity index (χ1) is 8.05. The van der Waals surface area contributed by atoms with E-state index in [4.69, 9.17) is 0 Å². The smallest absolute Gasteiger partial charge is 0.151 e. The molecule has 0 spiro atoms. The highest BCUT2D eigenvalue weighted by atomic mass is 32.2. The SMILES string of the molecule is CCCCCS(=O)(=O)CC(CCC)NCCC. The second kappa shape index (κ2) is 9.89. The zero-order chi connectivity index (χ0) is 13.1. The summed E-state index contributed by atoms with van der Waals surface area (Å²) < 4.78 is 23.8. The van der Waals surface area contributed by atoms with Gasteiger partial charge in [-0.3, -0.25) is 0 Å². The summed E-state index contributed by atoms with van der Waals surface area (Å²) in [5.74, 6) is 0.666. The standard InChI is InChI=1S/C13H29NO2S/c1-4-7-8-11-17(15,16)12-13(9-5-2)14-10-6-3/h13-14H,4-12H2,1-3H3. The highest BCUT2D eigenvalue weighted by Crippen LogP contribution is 2.06. The van der Waals surface area contributed by atoms with Crippen molar-refractivity contribution in [3.8, 4) is 0 Å². The number of unbranched alkanes of at least 4 members (excludes halogenated alkanes) is 2. The molecular weight excluding hydrogens is 234 g/mol. The summed E-state index contributed by atoms with van der Waals surface area (Å²) in [7, 11) is -2.87. The zero-order valence-corrected chi connectivity index (χ0v) is 12.5. The molecule has 3 nitrogen and oxygen atoms in total. The van der Waals surface area contributed by atoms with Crippen LogP contribution in [0.15, 0.2) is 0 Å². The maximum atomic E-state index is 11.9. The Bertz CT molecular complexity index is 263. The van der Waals surface area contributed by atoms with Crippen LogP contribution in [0.4, 0.5) is 0 Å². The molecule has 0 saturated carbocycles. The lowest BCUT2D eigenvalue weighted by Gasteiger charge is -2.17.